The first-order valence-corrected chi connectivity index (χ1v) is 6.34. The molecule has 0 saturated carbocycles. The minimum Gasteiger partial charge on any atom is -0.504 e. The summed E-state index contributed by atoms with van der Waals surface area (Å²) < 4.78 is 16.0. The van der Waals surface area contributed by atoms with Gasteiger partial charge in [-0.2, -0.15) is 0 Å². The molecule has 2 heterocycles. The lowest BCUT2D eigenvalue weighted by atomic mass is 9.93. The molecular formula is C15H13NO4. The number of fused-ring (bicyclic) bond motifs is 4. The number of methoxy groups -OCH3 is 1. The lowest BCUT2D eigenvalue weighted by molar-refractivity contribution is 0.174. The van der Waals surface area contributed by atoms with E-state index < -0.39 is 0 Å². The van der Waals surface area contributed by atoms with Crippen LogP contribution in [0.25, 0.3) is 11.1 Å². The molecule has 0 radical (unpaired) electrons. The topological polar surface area (TPSA) is 60.0 Å². The van der Waals surface area contributed by atoms with Crippen molar-refractivity contribution < 1.29 is 19.3 Å². The van der Waals surface area contributed by atoms with Crippen LogP contribution in [0.4, 0.5) is 5.69 Å². The second kappa shape index (κ2) is 3.96. The Balaban J connectivity index is 1.94. The zero-order valence-electron chi connectivity index (χ0n) is 10.9. The van der Waals surface area contributed by atoms with Crippen molar-refractivity contribution in [3.8, 4) is 34.1 Å². The van der Waals surface area contributed by atoms with Crippen molar-refractivity contribution in [2.24, 2.45) is 0 Å². The Hall–Kier alpha value is -2.56. The summed E-state index contributed by atoms with van der Waals surface area (Å²) in [7, 11) is 1.54. The van der Waals surface area contributed by atoms with Crippen molar-refractivity contribution in [1.82, 2.24) is 0 Å². The minimum atomic E-state index is 0.128. The summed E-state index contributed by atoms with van der Waals surface area (Å²) >= 11 is 0. The number of nitrogens with one attached hydrogen (secondary N) is 1. The molecule has 5 nitrogen and oxygen atoms in total. The van der Waals surface area contributed by atoms with Gasteiger partial charge in [-0.3, -0.25) is 0 Å². The average Bonchev–Trinajstić information content (AvgIpc) is 2.91. The van der Waals surface area contributed by atoms with Gasteiger partial charge >= 0.3 is 0 Å². The number of rotatable bonds is 1. The maximum atomic E-state index is 9.86. The summed E-state index contributed by atoms with van der Waals surface area (Å²) in [5.41, 5.74) is 4.07. The van der Waals surface area contributed by atoms with Crippen molar-refractivity contribution in [3.63, 3.8) is 0 Å². The summed E-state index contributed by atoms with van der Waals surface area (Å²) in [6, 6.07) is 7.49. The van der Waals surface area contributed by atoms with Gasteiger partial charge in [-0.05, 0) is 29.3 Å². The predicted molar refractivity (Wildman–Crippen MR) is 73.5 cm³/mol. The lowest BCUT2D eigenvalue weighted by Gasteiger charge is -2.23. The first-order chi connectivity index (χ1) is 9.76. The van der Waals surface area contributed by atoms with Crippen LogP contribution in [0.5, 0.6) is 23.0 Å². The van der Waals surface area contributed by atoms with Crippen molar-refractivity contribution in [1.29, 1.82) is 0 Å². The van der Waals surface area contributed by atoms with E-state index in [1.165, 1.54) is 7.11 Å². The number of anilines is 1. The first kappa shape index (κ1) is 11.3. The van der Waals surface area contributed by atoms with Crippen molar-refractivity contribution in [3.05, 3.63) is 29.8 Å². The van der Waals surface area contributed by atoms with Crippen molar-refractivity contribution in [2.45, 2.75) is 6.54 Å². The molecule has 4 rings (SSSR count). The maximum Gasteiger partial charge on any atom is 0.231 e. The zero-order chi connectivity index (χ0) is 13.7. The molecular weight excluding hydrogens is 258 g/mol. The third-order valence-electron chi connectivity index (χ3n) is 3.68. The van der Waals surface area contributed by atoms with Crippen LogP contribution in [0.3, 0.4) is 0 Å². The second-order valence-electron chi connectivity index (χ2n) is 4.79. The first-order valence-electron chi connectivity index (χ1n) is 6.34. The van der Waals surface area contributed by atoms with Gasteiger partial charge in [0.2, 0.25) is 6.79 Å². The number of hydrogen-bond acceptors (Lipinski definition) is 5. The van der Waals surface area contributed by atoms with Crippen molar-refractivity contribution in [2.75, 3.05) is 19.2 Å². The highest BCUT2D eigenvalue weighted by molar-refractivity contribution is 5.86. The van der Waals surface area contributed by atoms with E-state index in [1.807, 2.05) is 18.2 Å². The van der Waals surface area contributed by atoms with Gasteiger partial charge in [0.05, 0.1) is 7.11 Å². The highest BCUT2D eigenvalue weighted by atomic mass is 16.7. The molecule has 0 aromatic heterocycles. The van der Waals surface area contributed by atoms with Gasteiger partial charge < -0.3 is 24.6 Å². The highest BCUT2D eigenvalue weighted by Gasteiger charge is 2.23. The Morgan fingerprint density at radius 2 is 1.90 bits per heavy atom. The molecule has 0 fully saturated rings. The molecule has 0 amide bonds. The lowest BCUT2D eigenvalue weighted by Crippen LogP contribution is -2.08. The summed E-state index contributed by atoms with van der Waals surface area (Å²) in [5, 5.41) is 13.1. The number of aromatic hydroxyl groups is 1. The molecule has 2 aliphatic rings. The molecule has 20 heavy (non-hydrogen) atoms. The molecule has 2 aromatic rings. The van der Waals surface area contributed by atoms with Gasteiger partial charge in [-0.25, -0.2) is 0 Å². The molecule has 0 atom stereocenters. The third kappa shape index (κ3) is 1.49. The van der Waals surface area contributed by atoms with Crippen molar-refractivity contribution >= 4 is 5.69 Å². The van der Waals surface area contributed by atoms with Crippen LogP contribution in [0.2, 0.25) is 0 Å². The average molecular weight is 271 g/mol. The third-order valence-corrected chi connectivity index (χ3v) is 3.68. The summed E-state index contributed by atoms with van der Waals surface area (Å²) in [6.45, 7) is 0.947. The molecule has 102 valence electrons. The minimum absolute atomic E-state index is 0.128. The van der Waals surface area contributed by atoms with E-state index in [1.54, 1.807) is 6.07 Å². The smallest absolute Gasteiger partial charge is 0.231 e. The van der Waals surface area contributed by atoms with Crippen LogP contribution < -0.4 is 19.5 Å². The van der Waals surface area contributed by atoms with Gasteiger partial charge in [0, 0.05) is 23.9 Å². The molecule has 0 bridgehead atoms. The van der Waals surface area contributed by atoms with Gasteiger partial charge in [0.1, 0.15) is 0 Å². The zero-order valence-corrected chi connectivity index (χ0v) is 10.9. The molecule has 0 spiro atoms. The number of benzene rings is 2. The van der Waals surface area contributed by atoms with Gasteiger partial charge in [0.25, 0.3) is 0 Å². The Morgan fingerprint density at radius 1 is 1.10 bits per heavy atom. The van der Waals surface area contributed by atoms with E-state index in [-0.39, 0.29) is 12.5 Å². The Kier molecular flexibility index (Phi) is 2.24. The van der Waals surface area contributed by atoms with Crippen LogP contribution in [0.1, 0.15) is 5.56 Å². The largest absolute Gasteiger partial charge is 0.504 e. The Bertz CT molecular complexity index is 703. The van der Waals surface area contributed by atoms with E-state index >= 15 is 0 Å². The van der Waals surface area contributed by atoms with Crippen LogP contribution in [0, 0.1) is 0 Å². The quantitative estimate of drug-likeness (QED) is 0.835. The molecule has 2 aliphatic heterocycles. The molecule has 0 unspecified atom stereocenters. The molecule has 5 heteroatoms. The fourth-order valence-corrected chi connectivity index (χ4v) is 2.67. The van der Waals surface area contributed by atoms with E-state index in [0.29, 0.717) is 12.3 Å². The van der Waals surface area contributed by atoms with Crippen LogP contribution >= 0.6 is 0 Å². The molecule has 0 saturated heterocycles. The number of ether oxygens (including phenoxy) is 3. The highest BCUT2D eigenvalue weighted by Crippen LogP contribution is 2.46. The van der Waals surface area contributed by atoms with Gasteiger partial charge in [-0.15, -0.1) is 0 Å². The van der Waals surface area contributed by atoms with Crippen LogP contribution in [-0.4, -0.2) is 19.0 Å². The standard InChI is InChI=1S/C15H13NO4/c1-18-13-4-10-9-3-15-14(19-7-20-15)2-8(9)6-16-11(10)5-12(13)17/h2-5,16-17H,6-7H2,1H3. The molecule has 0 aliphatic carbocycles. The summed E-state index contributed by atoms with van der Waals surface area (Å²) in [4.78, 5) is 0. The van der Waals surface area contributed by atoms with Crippen LogP contribution in [0.15, 0.2) is 24.3 Å². The fourth-order valence-electron chi connectivity index (χ4n) is 2.67. The second-order valence-corrected chi connectivity index (χ2v) is 4.79. The Morgan fingerprint density at radius 3 is 2.70 bits per heavy atom. The normalized spacial score (nSPS) is 14.2. The van der Waals surface area contributed by atoms with E-state index in [9.17, 15) is 5.11 Å². The fraction of sp³-hybridized carbons (Fsp3) is 0.200. The van der Waals surface area contributed by atoms with Gasteiger partial charge in [-0.1, -0.05) is 0 Å². The monoisotopic (exact) mass is 271 g/mol. The maximum absolute atomic E-state index is 9.86. The van der Waals surface area contributed by atoms with Gasteiger partial charge in [0.15, 0.2) is 23.0 Å². The van der Waals surface area contributed by atoms with E-state index in [4.69, 9.17) is 14.2 Å². The number of hydrogen-bond donors (Lipinski definition) is 2. The van der Waals surface area contributed by atoms with E-state index in [0.717, 1.165) is 33.9 Å². The molecule has 2 N–H and O–H groups in total. The Labute approximate surface area is 115 Å². The van der Waals surface area contributed by atoms with Crippen LogP contribution in [-0.2, 0) is 6.54 Å². The van der Waals surface area contributed by atoms with E-state index in [2.05, 4.69) is 5.32 Å². The molecule has 2 aromatic carbocycles. The SMILES string of the molecule is COc1cc2c(cc1O)NCc1cc3c(cc1-2)OCO3. The number of phenols is 1. The number of phenolic OH excluding ortho intramolecular Hbond substituents is 1. The predicted octanol–water partition coefficient (Wildman–Crippen LogP) is 2.72. The summed E-state index contributed by atoms with van der Waals surface area (Å²) in [5.74, 6) is 2.11. The summed E-state index contributed by atoms with van der Waals surface area (Å²) in [6.07, 6.45) is 0.